The lowest BCUT2D eigenvalue weighted by atomic mass is 10.2. The number of ether oxygens (including phenoxy) is 1. The first-order valence-electron chi connectivity index (χ1n) is 6.60. The summed E-state index contributed by atoms with van der Waals surface area (Å²) >= 11 is 0. The number of amides is 2. The Hall–Kier alpha value is -2.24. The highest BCUT2D eigenvalue weighted by molar-refractivity contribution is 5.73. The van der Waals surface area contributed by atoms with E-state index in [2.05, 4.69) is 10.6 Å². The van der Waals surface area contributed by atoms with Crippen molar-refractivity contribution in [2.24, 2.45) is 0 Å². The molecule has 6 nitrogen and oxygen atoms in total. The van der Waals surface area contributed by atoms with Gasteiger partial charge in [-0.1, -0.05) is 24.6 Å². The highest BCUT2D eigenvalue weighted by atomic mass is 16.5. The molecule has 0 heterocycles. The van der Waals surface area contributed by atoms with Crippen LogP contribution in [0.3, 0.4) is 0 Å². The van der Waals surface area contributed by atoms with Crippen LogP contribution in [0.25, 0.3) is 0 Å². The molecule has 6 heteroatoms. The number of carboxylic acid groups (broad SMARTS) is 1. The minimum Gasteiger partial charge on any atom is -0.481 e. The Morgan fingerprint density at radius 3 is 2.50 bits per heavy atom. The number of unbranched alkanes of at least 4 members (excludes halogenated alkanes) is 2. The van der Waals surface area contributed by atoms with Crippen LogP contribution < -0.4 is 15.4 Å². The van der Waals surface area contributed by atoms with Gasteiger partial charge in [-0.05, 0) is 25.0 Å². The summed E-state index contributed by atoms with van der Waals surface area (Å²) in [6, 6.07) is 8.92. The quantitative estimate of drug-likeness (QED) is 0.476. The fourth-order valence-corrected chi connectivity index (χ4v) is 1.54. The molecular weight excluding hydrogens is 260 g/mol. The number of urea groups is 1. The zero-order valence-electron chi connectivity index (χ0n) is 11.3. The van der Waals surface area contributed by atoms with Crippen molar-refractivity contribution >= 4 is 12.0 Å². The summed E-state index contributed by atoms with van der Waals surface area (Å²) in [5, 5.41) is 13.7. The molecule has 110 valence electrons. The van der Waals surface area contributed by atoms with E-state index in [-0.39, 0.29) is 19.2 Å². The average Bonchev–Trinajstić information content (AvgIpc) is 2.43. The standard InChI is InChI=1S/C14H20N2O4/c17-13(18)9-5-2-6-10-15-14(19)16-11-20-12-7-3-1-4-8-12/h1,3-4,7-8H,2,5-6,9-11H2,(H,17,18)(H2,15,16,19). The summed E-state index contributed by atoms with van der Waals surface area (Å²) in [5.74, 6) is -0.0877. The molecule has 2 amide bonds. The molecule has 0 aliphatic heterocycles. The first-order valence-corrected chi connectivity index (χ1v) is 6.60. The maximum Gasteiger partial charge on any atom is 0.317 e. The summed E-state index contributed by atoms with van der Waals surface area (Å²) in [4.78, 5) is 21.7. The Kier molecular flexibility index (Phi) is 7.64. The van der Waals surface area contributed by atoms with Crippen LogP contribution in [0, 0.1) is 0 Å². The fraction of sp³-hybridized carbons (Fsp3) is 0.429. The summed E-state index contributed by atoms with van der Waals surface area (Å²) in [6.45, 7) is 0.631. The van der Waals surface area contributed by atoms with Gasteiger partial charge in [0.2, 0.25) is 0 Å². The van der Waals surface area contributed by atoms with Crippen molar-refractivity contribution in [2.75, 3.05) is 13.3 Å². The average molecular weight is 280 g/mol. The van der Waals surface area contributed by atoms with Crippen LogP contribution in [0.15, 0.2) is 30.3 Å². The molecule has 0 bridgehead atoms. The number of carboxylic acids is 1. The van der Waals surface area contributed by atoms with Crippen LogP contribution in [0.2, 0.25) is 0 Å². The smallest absolute Gasteiger partial charge is 0.317 e. The van der Waals surface area contributed by atoms with Crippen molar-refractivity contribution in [1.29, 1.82) is 0 Å². The second-order valence-corrected chi connectivity index (χ2v) is 4.24. The van der Waals surface area contributed by atoms with Gasteiger partial charge in [-0.3, -0.25) is 4.79 Å². The van der Waals surface area contributed by atoms with E-state index in [0.717, 1.165) is 12.8 Å². The number of aliphatic carboxylic acids is 1. The lowest BCUT2D eigenvalue weighted by Crippen LogP contribution is -2.38. The molecule has 3 N–H and O–H groups in total. The lowest BCUT2D eigenvalue weighted by Gasteiger charge is -2.09. The number of nitrogens with one attached hydrogen (secondary N) is 2. The van der Waals surface area contributed by atoms with E-state index in [4.69, 9.17) is 9.84 Å². The predicted octanol–water partition coefficient (Wildman–Crippen LogP) is 1.97. The van der Waals surface area contributed by atoms with E-state index < -0.39 is 5.97 Å². The molecule has 20 heavy (non-hydrogen) atoms. The minimum absolute atomic E-state index is 0.106. The van der Waals surface area contributed by atoms with Crippen molar-refractivity contribution in [1.82, 2.24) is 10.6 Å². The van der Waals surface area contributed by atoms with Crippen LogP contribution in [0.5, 0.6) is 5.75 Å². The zero-order chi connectivity index (χ0) is 14.6. The van der Waals surface area contributed by atoms with E-state index in [0.29, 0.717) is 18.7 Å². The number of carbonyl (C=O) groups is 2. The molecule has 0 aromatic heterocycles. The maximum atomic E-state index is 11.4. The van der Waals surface area contributed by atoms with Crippen LogP contribution in [0.1, 0.15) is 25.7 Å². The summed E-state index contributed by atoms with van der Waals surface area (Å²) in [7, 11) is 0. The van der Waals surface area contributed by atoms with E-state index >= 15 is 0 Å². The van der Waals surface area contributed by atoms with E-state index in [1.807, 2.05) is 30.3 Å². The summed E-state index contributed by atoms with van der Waals surface area (Å²) in [6.07, 6.45) is 2.36. The number of hydrogen-bond donors (Lipinski definition) is 3. The van der Waals surface area contributed by atoms with E-state index in [1.165, 1.54) is 0 Å². The Balaban J connectivity index is 1.97. The molecule has 0 saturated carbocycles. The molecule has 0 aliphatic carbocycles. The van der Waals surface area contributed by atoms with Crippen LogP contribution in [-0.4, -0.2) is 30.4 Å². The second kappa shape index (κ2) is 9.66. The third-order valence-electron chi connectivity index (χ3n) is 2.57. The Morgan fingerprint density at radius 2 is 1.80 bits per heavy atom. The molecule has 0 radical (unpaired) electrons. The van der Waals surface area contributed by atoms with Crippen LogP contribution in [-0.2, 0) is 4.79 Å². The van der Waals surface area contributed by atoms with Gasteiger partial charge >= 0.3 is 12.0 Å². The van der Waals surface area contributed by atoms with Gasteiger partial charge in [-0.15, -0.1) is 0 Å². The number of hydrogen-bond acceptors (Lipinski definition) is 3. The highest BCUT2D eigenvalue weighted by Crippen LogP contribution is 2.06. The van der Waals surface area contributed by atoms with Crippen LogP contribution >= 0.6 is 0 Å². The van der Waals surface area contributed by atoms with Gasteiger partial charge in [0.15, 0.2) is 6.73 Å². The van der Waals surface area contributed by atoms with E-state index in [1.54, 1.807) is 0 Å². The Labute approximate surface area is 118 Å². The highest BCUT2D eigenvalue weighted by Gasteiger charge is 2.00. The van der Waals surface area contributed by atoms with Gasteiger partial charge < -0.3 is 20.5 Å². The summed E-state index contributed by atoms with van der Waals surface area (Å²) < 4.78 is 5.31. The Morgan fingerprint density at radius 1 is 1.05 bits per heavy atom. The van der Waals surface area contributed by atoms with Crippen molar-refractivity contribution in [3.05, 3.63) is 30.3 Å². The molecule has 1 aromatic carbocycles. The molecule has 0 saturated heterocycles. The van der Waals surface area contributed by atoms with Crippen molar-refractivity contribution in [2.45, 2.75) is 25.7 Å². The molecule has 0 aliphatic rings. The molecule has 1 rings (SSSR count). The number of carbonyl (C=O) groups excluding carboxylic acids is 1. The second-order valence-electron chi connectivity index (χ2n) is 4.24. The van der Waals surface area contributed by atoms with Gasteiger partial charge in [-0.2, -0.15) is 0 Å². The van der Waals surface area contributed by atoms with Crippen molar-refractivity contribution in [3.63, 3.8) is 0 Å². The SMILES string of the molecule is O=C(O)CCCCCNC(=O)NCOc1ccccc1. The molecular formula is C14H20N2O4. The van der Waals surface area contributed by atoms with Gasteiger partial charge in [0.05, 0.1) is 0 Å². The molecule has 0 spiro atoms. The first-order chi connectivity index (χ1) is 9.68. The van der Waals surface area contributed by atoms with Crippen LogP contribution in [0.4, 0.5) is 4.79 Å². The normalized spacial score (nSPS) is 9.80. The maximum absolute atomic E-state index is 11.4. The Bertz CT molecular complexity index is 409. The monoisotopic (exact) mass is 280 g/mol. The molecule has 0 atom stereocenters. The van der Waals surface area contributed by atoms with Gasteiger partial charge in [0, 0.05) is 13.0 Å². The molecule has 0 fully saturated rings. The minimum atomic E-state index is -0.784. The first kappa shape index (κ1) is 15.8. The van der Waals surface area contributed by atoms with E-state index in [9.17, 15) is 9.59 Å². The van der Waals surface area contributed by atoms with Crippen molar-refractivity contribution < 1.29 is 19.4 Å². The third kappa shape index (κ3) is 7.97. The number of rotatable bonds is 9. The van der Waals surface area contributed by atoms with Crippen molar-refractivity contribution in [3.8, 4) is 5.75 Å². The summed E-state index contributed by atoms with van der Waals surface area (Å²) in [5.41, 5.74) is 0. The topological polar surface area (TPSA) is 87.7 Å². The predicted molar refractivity (Wildman–Crippen MR) is 74.6 cm³/mol. The van der Waals surface area contributed by atoms with Gasteiger partial charge in [0.1, 0.15) is 5.75 Å². The number of para-hydroxylation sites is 1. The lowest BCUT2D eigenvalue weighted by molar-refractivity contribution is -0.137. The molecule has 0 unspecified atom stereocenters. The fourth-order valence-electron chi connectivity index (χ4n) is 1.54. The third-order valence-corrected chi connectivity index (χ3v) is 2.57. The largest absolute Gasteiger partial charge is 0.481 e. The number of benzene rings is 1. The van der Waals surface area contributed by atoms with Gasteiger partial charge in [0.25, 0.3) is 0 Å². The molecule has 1 aromatic rings. The zero-order valence-corrected chi connectivity index (χ0v) is 11.3. The van der Waals surface area contributed by atoms with Gasteiger partial charge in [-0.25, -0.2) is 4.79 Å².